The first-order chi connectivity index (χ1) is 6.65. The average Bonchev–Trinajstić information content (AvgIpc) is 2.73. The fourth-order valence-electron chi connectivity index (χ4n) is 1.61. The van der Waals surface area contributed by atoms with E-state index in [9.17, 15) is 4.79 Å². The van der Waals surface area contributed by atoms with Crippen molar-refractivity contribution in [3.8, 4) is 0 Å². The molecule has 2 rings (SSSR count). The van der Waals surface area contributed by atoms with Crippen LogP contribution < -0.4 is 0 Å². The van der Waals surface area contributed by atoms with E-state index in [2.05, 4.69) is 4.98 Å². The summed E-state index contributed by atoms with van der Waals surface area (Å²) in [5.41, 5.74) is 0.495. The van der Waals surface area contributed by atoms with Gasteiger partial charge >= 0.3 is 0 Å². The van der Waals surface area contributed by atoms with Crippen molar-refractivity contribution in [3.63, 3.8) is 0 Å². The summed E-state index contributed by atoms with van der Waals surface area (Å²) in [6, 6.07) is 0. The van der Waals surface area contributed by atoms with E-state index < -0.39 is 0 Å². The minimum absolute atomic E-state index is 0.161. The number of carbonyl (C=O) groups excluding carboxylic acids is 1. The van der Waals surface area contributed by atoms with Gasteiger partial charge in [0.15, 0.2) is 12.0 Å². The second-order valence-electron chi connectivity index (χ2n) is 3.95. The van der Waals surface area contributed by atoms with Gasteiger partial charge < -0.3 is 9.15 Å². The molecule has 1 aromatic rings. The van der Waals surface area contributed by atoms with Gasteiger partial charge in [-0.25, -0.2) is 4.98 Å². The summed E-state index contributed by atoms with van der Waals surface area (Å²) in [5, 5.41) is 0. The number of carbonyl (C=O) groups is 1. The maximum absolute atomic E-state index is 10.6. The normalized spacial score (nSPS) is 26.7. The molecule has 1 atom stereocenters. The molecule has 0 saturated carbocycles. The lowest BCUT2D eigenvalue weighted by Crippen LogP contribution is -2.22. The van der Waals surface area contributed by atoms with E-state index in [4.69, 9.17) is 9.15 Å². The van der Waals surface area contributed by atoms with Gasteiger partial charge in [0, 0.05) is 6.61 Å². The van der Waals surface area contributed by atoms with Crippen molar-refractivity contribution >= 4 is 6.29 Å². The quantitative estimate of drug-likeness (QED) is 0.670. The molecule has 1 aliphatic rings. The summed E-state index contributed by atoms with van der Waals surface area (Å²) >= 11 is 0. The number of nitrogens with zero attached hydrogens (tertiary/aromatic N) is 1. The van der Waals surface area contributed by atoms with Gasteiger partial charge in [0.1, 0.15) is 0 Å². The van der Waals surface area contributed by atoms with Crippen molar-refractivity contribution in [2.45, 2.75) is 25.7 Å². The Morgan fingerprint density at radius 3 is 2.86 bits per heavy atom. The number of aldehydes is 1. The molecule has 4 heteroatoms. The molecule has 1 unspecified atom stereocenters. The highest BCUT2D eigenvalue weighted by Crippen LogP contribution is 2.32. The van der Waals surface area contributed by atoms with Crippen LogP contribution in [0.15, 0.2) is 4.42 Å². The molecule has 0 radical (unpaired) electrons. The minimum Gasteiger partial charge on any atom is -0.437 e. The van der Waals surface area contributed by atoms with E-state index in [0.29, 0.717) is 30.2 Å². The van der Waals surface area contributed by atoms with Gasteiger partial charge in [-0.05, 0) is 20.3 Å². The highest BCUT2D eigenvalue weighted by Gasteiger charge is 2.36. The number of aryl methyl sites for hydroxylation is 1. The van der Waals surface area contributed by atoms with Crippen LogP contribution in [-0.2, 0) is 10.2 Å². The monoisotopic (exact) mass is 195 g/mol. The van der Waals surface area contributed by atoms with Gasteiger partial charge in [0.2, 0.25) is 5.89 Å². The molecule has 0 aromatic carbocycles. The molecular weight excluding hydrogens is 182 g/mol. The number of hydrogen-bond acceptors (Lipinski definition) is 4. The highest BCUT2D eigenvalue weighted by molar-refractivity contribution is 5.71. The Morgan fingerprint density at radius 2 is 2.36 bits per heavy atom. The van der Waals surface area contributed by atoms with Gasteiger partial charge in [-0.15, -0.1) is 0 Å². The summed E-state index contributed by atoms with van der Waals surface area (Å²) in [6.45, 7) is 5.16. The number of hydrogen-bond donors (Lipinski definition) is 0. The summed E-state index contributed by atoms with van der Waals surface area (Å²) in [5.74, 6) is 0.947. The van der Waals surface area contributed by atoms with E-state index in [-0.39, 0.29) is 5.41 Å². The van der Waals surface area contributed by atoms with Crippen molar-refractivity contribution in [1.82, 2.24) is 4.98 Å². The third-order valence-electron chi connectivity index (χ3n) is 2.67. The van der Waals surface area contributed by atoms with Crippen LogP contribution in [0.25, 0.3) is 0 Å². The maximum Gasteiger partial charge on any atom is 0.203 e. The largest absolute Gasteiger partial charge is 0.437 e. The zero-order valence-electron chi connectivity index (χ0n) is 8.37. The van der Waals surface area contributed by atoms with Crippen LogP contribution in [0, 0.1) is 6.92 Å². The number of oxazole rings is 1. The van der Waals surface area contributed by atoms with E-state index in [1.807, 2.05) is 6.92 Å². The van der Waals surface area contributed by atoms with Gasteiger partial charge in [-0.3, -0.25) is 4.79 Å². The van der Waals surface area contributed by atoms with Crippen molar-refractivity contribution in [1.29, 1.82) is 0 Å². The molecule has 1 aromatic heterocycles. The molecule has 0 aliphatic carbocycles. The van der Waals surface area contributed by atoms with Crippen LogP contribution in [0.4, 0.5) is 0 Å². The Balaban J connectivity index is 2.36. The van der Waals surface area contributed by atoms with Crippen molar-refractivity contribution in [2.75, 3.05) is 13.2 Å². The maximum atomic E-state index is 10.6. The Morgan fingerprint density at radius 1 is 1.57 bits per heavy atom. The van der Waals surface area contributed by atoms with Crippen LogP contribution in [0.5, 0.6) is 0 Å². The minimum atomic E-state index is -0.161. The Bertz CT molecular complexity index is 350. The summed E-state index contributed by atoms with van der Waals surface area (Å²) in [7, 11) is 0. The zero-order valence-corrected chi connectivity index (χ0v) is 8.37. The van der Waals surface area contributed by atoms with Crippen LogP contribution in [0.1, 0.15) is 35.5 Å². The Labute approximate surface area is 82.3 Å². The first kappa shape index (κ1) is 9.40. The van der Waals surface area contributed by atoms with E-state index in [0.717, 1.165) is 13.0 Å². The number of aromatic nitrogens is 1. The van der Waals surface area contributed by atoms with Gasteiger partial charge in [-0.2, -0.15) is 0 Å². The van der Waals surface area contributed by atoms with Crippen molar-refractivity contribution in [2.24, 2.45) is 0 Å². The van der Waals surface area contributed by atoms with Crippen LogP contribution in [-0.4, -0.2) is 24.5 Å². The zero-order chi connectivity index (χ0) is 10.2. The lowest BCUT2D eigenvalue weighted by atomic mass is 9.90. The third kappa shape index (κ3) is 1.35. The average molecular weight is 195 g/mol. The van der Waals surface area contributed by atoms with Crippen molar-refractivity contribution < 1.29 is 13.9 Å². The number of rotatable bonds is 2. The second kappa shape index (κ2) is 3.20. The summed E-state index contributed by atoms with van der Waals surface area (Å²) in [6.07, 6.45) is 1.59. The molecule has 2 heterocycles. The Kier molecular flexibility index (Phi) is 2.15. The SMILES string of the molecule is Cc1nc(C2(C)CCOC2)oc1C=O. The first-order valence-corrected chi connectivity index (χ1v) is 4.66. The molecule has 0 amide bonds. The van der Waals surface area contributed by atoms with E-state index in [1.54, 1.807) is 6.92 Å². The third-order valence-corrected chi connectivity index (χ3v) is 2.67. The predicted octanol–water partition coefficient (Wildman–Crippen LogP) is 1.47. The number of ether oxygens (including phenoxy) is 1. The highest BCUT2D eigenvalue weighted by atomic mass is 16.5. The van der Waals surface area contributed by atoms with Gasteiger partial charge in [-0.1, -0.05) is 0 Å². The first-order valence-electron chi connectivity index (χ1n) is 4.66. The molecule has 0 N–H and O–H groups in total. The molecule has 1 aliphatic heterocycles. The smallest absolute Gasteiger partial charge is 0.203 e. The molecule has 4 nitrogen and oxygen atoms in total. The molecule has 0 spiro atoms. The van der Waals surface area contributed by atoms with Gasteiger partial charge in [0.05, 0.1) is 17.7 Å². The lowest BCUT2D eigenvalue weighted by Gasteiger charge is -2.15. The summed E-state index contributed by atoms with van der Waals surface area (Å²) in [4.78, 5) is 14.9. The Hall–Kier alpha value is -1.16. The molecule has 1 saturated heterocycles. The molecule has 1 fully saturated rings. The van der Waals surface area contributed by atoms with E-state index >= 15 is 0 Å². The molecule has 0 bridgehead atoms. The van der Waals surface area contributed by atoms with E-state index in [1.165, 1.54) is 0 Å². The lowest BCUT2D eigenvalue weighted by molar-refractivity contribution is 0.109. The molecule has 14 heavy (non-hydrogen) atoms. The molecule has 76 valence electrons. The second-order valence-corrected chi connectivity index (χ2v) is 3.95. The fraction of sp³-hybridized carbons (Fsp3) is 0.600. The van der Waals surface area contributed by atoms with Crippen LogP contribution in [0.2, 0.25) is 0 Å². The van der Waals surface area contributed by atoms with Gasteiger partial charge in [0.25, 0.3) is 0 Å². The topological polar surface area (TPSA) is 52.3 Å². The van der Waals surface area contributed by atoms with Crippen LogP contribution in [0.3, 0.4) is 0 Å². The van der Waals surface area contributed by atoms with Crippen molar-refractivity contribution in [3.05, 3.63) is 17.3 Å². The predicted molar refractivity (Wildman–Crippen MR) is 49.4 cm³/mol. The summed E-state index contributed by atoms with van der Waals surface area (Å²) < 4.78 is 10.7. The fourth-order valence-corrected chi connectivity index (χ4v) is 1.61. The van der Waals surface area contributed by atoms with Crippen LogP contribution >= 0.6 is 0 Å². The standard InChI is InChI=1S/C10H13NO3/c1-7-8(5-12)14-9(11-7)10(2)3-4-13-6-10/h5H,3-4,6H2,1-2H3. The molecular formula is C10H13NO3.